The molecule has 2 aromatic carbocycles. The second kappa shape index (κ2) is 7.04. The van der Waals surface area contributed by atoms with E-state index in [1.54, 1.807) is 7.11 Å². The van der Waals surface area contributed by atoms with Gasteiger partial charge in [0.15, 0.2) is 6.61 Å². The van der Waals surface area contributed by atoms with Crippen molar-refractivity contribution < 1.29 is 19.0 Å². The zero-order chi connectivity index (χ0) is 16.9. The molecule has 24 heavy (non-hydrogen) atoms. The Kier molecular flexibility index (Phi) is 4.65. The van der Waals surface area contributed by atoms with E-state index in [9.17, 15) is 4.79 Å². The van der Waals surface area contributed by atoms with E-state index in [1.807, 2.05) is 49.4 Å². The molecule has 0 spiro atoms. The number of para-hydroxylation sites is 1. The summed E-state index contributed by atoms with van der Waals surface area (Å²) in [5, 5.41) is 4.13. The molecule has 0 saturated heterocycles. The van der Waals surface area contributed by atoms with Gasteiger partial charge in [0.05, 0.1) is 7.11 Å². The zero-order valence-electron chi connectivity index (χ0n) is 13.5. The second-order valence-electron chi connectivity index (χ2n) is 5.30. The van der Waals surface area contributed by atoms with E-state index >= 15 is 0 Å². The molecule has 6 heteroatoms. The molecule has 0 aromatic heterocycles. The quantitative estimate of drug-likeness (QED) is 0.856. The SMILES string of the molecule is COc1ccc2c(c1)/C(=N\NC(=O)COc1ccccc1C)CO2. The molecular formula is C18H18N2O4. The molecule has 0 bridgehead atoms. The van der Waals surface area contributed by atoms with Gasteiger partial charge in [-0.1, -0.05) is 18.2 Å². The van der Waals surface area contributed by atoms with Gasteiger partial charge in [-0.15, -0.1) is 0 Å². The summed E-state index contributed by atoms with van der Waals surface area (Å²) < 4.78 is 16.2. The van der Waals surface area contributed by atoms with Crippen LogP contribution in [0.25, 0.3) is 0 Å². The normalized spacial score (nSPS) is 14.0. The van der Waals surface area contributed by atoms with E-state index in [4.69, 9.17) is 14.2 Å². The van der Waals surface area contributed by atoms with E-state index in [1.165, 1.54) is 0 Å². The number of aryl methyl sites for hydroxylation is 1. The van der Waals surface area contributed by atoms with Gasteiger partial charge in [-0.2, -0.15) is 5.10 Å². The number of fused-ring (bicyclic) bond motifs is 1. The summed E-state index contributed by atoms with van der Waals surface area (Å²) in [6, 6.07) is 13.0. The van der Waals surface area contributed by atoms with E-state index in [2.05, 4.69) is 10.5 Å². The van der Waals surface area contributed by atoms with Gasteiger partial charge >= 0.3 is 0 Å². The van der Waals surface area contributed by atoms with Crippen LogP contribution < -0.4 is 19.6 Å². The summed E-state index contributed by atoms with van der Waals surface area (Å²) in [7, 11) is 1.60. The van der Waals surface area contributed by atoms with Crippen LogP contribution in [0.4, 0.5) is 0 Å². The van der Waals surface area contributed by atoms with Crippen LogP contribution in [0.5, 0.6) is 17.2 Å². The van der Waals surface area contributed by atoms with E-state index in [0.29, 0.717) is 23.8 Å². The highest BCUT2D eigenvalue weighted by Gasteiger charge is 2.20. The summed E-state index contributed by atoms with van der Waals surface area (Å²) in [4.78, 5) is 11.9. The molecule has 1 aliphatic heterocycles. The van der Waals surface area contributed by atoms with Crippen LogP contribution in [0.1, 0.15) is 11.1 Å². The van der Waals surface area contributed by atoms with Gasteiger partial charge in [-0.3, -0.25) is 4.79 Å². The number of hydrogen-bond donors (Lipinski definition) is 1. The lowest BCUT2D eigenvalue weighted by Gasteiger charge is -2.07. The van der Waals surface area contributed by atoms with Crippen molar-refractivity contribution in [1.29, 1.82) is 0 Å². The first-order valence-corrected chi connectivity index (χ1v) is 7.52. The third kappa shape index (κ3) is 3.48. The second-order valence-corrected chi connectivity index (χ2v) is 5.30. The van der Waals surface area contributed by atoms with Gasteiger partial charge in [0, 0.05) is 5.56 Å². The predicted octanol–water partition coefficient (Wildman–Crippen LogP) is 2.30. The van der Waals surface area contributed by atoms with Gasteiger partial charge in [0.25, 0.3) is 5.91 Å². The van der Waals surface area contributed by atoms with Gasteiger partial charge in [0.2, 0.25) is 0 Å². The standard InChI is InChI=1S/C18H18N2O4/c1-12-5-3-4-6-16(12)24-11-18(21)20-19-15-10-23-17-8-7-13(22-2)9-14(15)17/h3-9H,10-11H2,1-2H3,(H,20,21)/b19-15-. The first kappa shape index (κ1) is 15.9. The molecule has 3 rings (SSSR count). The molecule has 0 saturated carbocycles. The molecule has 1 aliphatic rings. The van der Waals surface area contributed by atoms with Gasteiger partial charge in [0.1, 0.15) is 29.6 Å². The summed E-state index contributed by atoms with van der Waals surface area (Å²) in [6.45, 7) is 2.13. The van der Waals surface area contributed by atoms with Gasteiger partial charge in [-0.05, 0) is 36.8 Å². The predicted molar refractivity (Wildman–Crippen MR) is 89.8 cm³/mol. The van der Waals surface area contributed by atoms with Crippen molar-refractivity contribution in [3.05, 3.63) is 53.6 Å². The average molecular weight is 326 g/mol. The van der Waals surface area contributed by atoms with Crippen LogP contribution >= 0.6 is 0 Å². The molecule has 0 aliphatic carbocycles. The third-order valence-electron chi connectivity index (χ3n) is 3.63. The summed E-state index contributed by atoms with van der Waals surface area (Å²) in [6.07, 6.45) is 0. The number of hydrazone groups is 1. The molecule has 1 amide bonds. The minimum atomic E-state index is -0.331. The first-order chi connectivity index (χ1) is 11.7. The van der Waals surface area contributed by atoms with Crippen molar-refractivity contribution in [2.45, 2.75) is 6.92 Å². The van der Waals surface area contributed by atoms with Gasteiger partial charge < -0.3 is 14.2 Å². The number of hydrogen-bond acceptors (Lipinski definition) is 5. The van der Waals surface area contributed by atoms with Crippen molar-refractivity contribution in [1.82, 2.24) is 5.43 Å². The maximum absolute atomic E-state index is 11.9. The van der Waals surface area contributed by atoms with E-state index in [0.717, 1.165) is 16.9 Å². The van der Waals surface area contributed by atoms with Crippen LogP contribution in [0.3, 0.4) is 0 Å². The highest BCUT2D eigenvalue weighted by molar-refractivity contribution is 6.06. The number of benzene rings is 2. The Labute approximate surface area is 140 Å². The molecular weight excluding hydrogens is 308 g/mol. The molecule has 6 nitrogen and oxygen atoms in total. The van der Waals surface area contributed by atoms with Crippen LogP contribution in [0.15, 0.2) is 47.6 Å². The molecule has 0 unspecified atom stereocenters. The highest BCUT2D eigenvalue weighted by Crippen LogP contribution is 2.29. The third-order valence-corrected chi connectivity index (χ3v) is 3.63. The number of methoxy groups -OCH3 is 1. The fourth-order valence-corrected chi connectivity index (χ4v) is 2.33. The summed E-state index contributed by atoms with van der Waals surface area (Å²) in [5.74, 6) is 1.78. The van der Waals surface area contributed by atoms with Crippen molar-refractivity contribution in [3.63, 3.8) is 0 Å². The number of amides is 1. The smallest absolute Gasteiger partial charge is 0.277 e. The number of nitrogens with zero attached hydrogens (tertiary/aromatic N) is 1. The van der Waals surface area contributed by atoms with Crippen LogP contribution in [0, 0.1) is 6.92 Å². The Morgan fingerprint density at radius 2 is 2.12 bits per heavy atom. The van der Waals surface area contributed by atoms with E-state index in [-0.39, 0.29) is 12.5 Å². The average Bonchev–Trinajstić information content (AvgIpc) is 3.01. The van der Waals surface area contributed by atoms with Crippen molar-refractivity contribution in [2.75, 3.05) is 20.3 Å². The zero-order valence-corrected chi connectivity index (χ0v) is 13.5. The first-order valence-electron chi connectivity index (χ1n) is 7.52. The van der Waals surface area contributed by atoms with Crippen molar-refractivity contribution in [2.24, 2.45) is 5.10 Å². The van der Waals surface area contributed by atoms with Crippen LogP contribution in [-0.4, -0.2) is 31.9 Å². The Hall–Kier alpha value is -3.02. The van der Waals surface area contributed by atoms with Crippen molar-refractivity contribution in [3.8, 4) is 17.2 Å². The lowest BCUT2D eigenvalue weighted by atomic mass is 10.1. The molecule has 0 fully saturated rings. The number of carbonyl (C=O) groups is 1. The minimum absolute atomic E-state index is 0.104. The maximum atomic E-state index is 11.9. The lowest BCUT2D eigenvalue weighted by molar-refractivity contribution is -0.123. The number of rotatable bonds is 5. The van der Waals surface area contributed by atoms with Gasteiger partial charge in [-0.25, -0.2) is 5.43 Å². The molecule has 2 aromatic rings. The Morgan fingerprint density at radius 1 is 1.29 bits per heavy atom. The Balaban J connectivity index is 1.61. The number of nitrogens with one attached hydrogen (secondary N) is 1. The molecule has 1 N–H and O–H groups in total. The summed E-state index contributed by atoms with van der Waals surface area (Å²) in [5.41, 5.74) is 4.93. The van der Waals surface area contributed by atoms with E-state index < -0.39 is 0 Å². The van der Waals surface area contributed by atoms with Crippen LogP contribution in [0.2, 0.25) is 0 Å². The highest BCUT2D eigenvalue weighted by atomic mass is 16.5. The van der Waals surface area contributed by atoms with Crippen LogP contribution in [-0.2, 0) is 4.79 Å². The minimum Gasteiger partial charge on any atom is -0.497 e. The lowest BCUT2D eigenvalue weighted by Crippen LogP contribution is -2.26. The Morgan fingerprint density at radius 3 is 2.92 bits per heavy atom. The fraction of sp³-hybridized carbons (Fsp3) is 0.222. The number of carbonyl (C=O) groups excluding carboxylic acids is 1. The molecule has 0 radical (unpaired) electrons. The largest absolute Gasteiger partial charge is 0.497 e. The fourth-order valence-electron chi connectivity index (χ4n) is 2.33. The number of ether oxygens (including phenoxy) is 3. The molecule has 0 atom stereocenters. The molecule has 124 valence electrons. The molecule has 1 heterocycles. The van der Waals surface area contributed by atoms with Crippen molar-refractivity contribution >= 4 is 11.6 Å². The Bertz CT molecular complexity index is 786. The maximum Gasteiger partial charge on any atom is 0.277 e. The monoisotopic (exact) mass is 326 g/mol. The topological polar surface area (TPSA) is 69.2 Å². The summed E-state index contributed by atoms with van der Waals surface area (Å²) >= 11 is 0.